The number of carbonyl (C=O) groups excluding carboxylic acids is 1. The summed E-state index contributed by atoms with van der Waals surface area (Å²) in [5.74, 6) is 0.0938. The van der Waals surface area contributed by atoms with Crippen molar-refractivity contribution in [3.8, 4) is 0 Å². The lowest BCUT2D eigenvalue weighted by molar-refractivity contribution is -0.122. The second-order valence-electron chi connectivity index (χ2n) is 3.89. The summed E-state index contributed by atoms with van der Waals surface area (Å²) in [6.45, 7) is 1.51. The predicted molar refractivity (Wildman–Crippen MR) is 56.1 cm³/mol. The molecule has 1 fully saturated rings. The lowest BCUT2D eigenvalue weighted by atomic mass is 10.2. The molecule has 1 aliphatic heterocycles. The minimum absolute atomic E-state index is 0.00155. The van der Waals surface area contributed by atoms with Crippen LogP contribution in [0.1, 0.15) is 18.4 Å². The predicted octanol–water partition coefficient (Wildman–Crippen LogP) is -0.212. The molecule has 5 heteroatoms. The molecule has 2 rings (SSSR count). The highest BCUT2D eigenvalue weighted by Gasteiger charge is 2.21. The van der Waals surface area contributed by atoms with Gasteiger partial charge in [0.2, 0.25) is 5.91 Å². The van der Waals surface area contributed by atoms with Crippen LogP contribution in [0.4, 0.5) is 0 Å². The highest BCUT2D eigenvalue weighted by Crippen LogP contribution is 2.05. The van der Waals surface area contributed by atoms with Gasteiger partial charge in [0.1, 0.15) is 0 Å². The summed E-state index contributed by atoms with van der Waals surface area (Å²) in [5, 5.41) is 10.1. The Bertz CT molecular complexity index is 341. The van der Waals surface area contributed by atoms with Crippen LogP contribution in [-0.4, -0.2) is 28.3 Å². The Morgan fingerprint density at radius 3 is 3.27 bits per heavy atom. The van der Waals surface area contributed by atoms with Crippen LogP contribution in [-0.2, 0) is 18.4 Å². The number of aryl methyl sites for hydroxylation is 1. The average Bonchev–Trinajstić information content (AvgIpc) is 2.84. The van der Waals surface area contributed by atoms with Gasteiger partial charge in [-0.25, -0.2) is 0 Å². The van der Waals surface area contributed by atoms with Crippen LogP contribution in [0.2, 0.25) is 0 Å². The summed E-state index contributed by atoms with van der Waals surface area (Å²) in [6, 6.07) is 0.00155. The molecule has 2 N–H and O–H groups in total. The Morgan fingerprint density at radius 1 is 1.80 bits per heavy atom. The summed E-state index contributed by atoms with van der Waals surface area (Å²) < 4.78 is 1.73. The van der Waals surface area contributed by atoms with E-state index in [4.69, 9.17) is 0 Å². The maximum atomic E-state index is 11.6. The molecule has 1 aromatic heterocycles. The van der Waals surface area contributed by atoms with Crippen molar-refractivity contribution in [2.24, 2.45) is 7.05 Å². The quantitative estimate of drug-likeness (QED) is 0.722. The van der Waals surface area contributed by atoms with E-state index in [1.54, 1.807) is 10.9 Å². The topological polar surface area (TPSA) is 59.0 Å². The number of nitrogens with zero attached hydrogens (tertiary/aromatic N) is 2. The molecule has 5 nitrogen and oxygen atoms in total. The first-order valence-electron chi connectivity index (χ1n) is 5.24. The fraction of sp³-hybridized carbons (Fsp3) is 0.600. The van der Waals surface area contributed by atoms with Crippen LogP contribution in [0.15, 0.2) is 12.4 Å². The van der Waals surface area contributed by atoms with E-state index in [0.29, 0.717) is 6.54 Å². The third kappa shape index (κ3) is 2.56. The van der Waals surface area contributed by atoms with Crippen molar-refractivity contribution in [1.82, 2.24) is 20.4 Å². The minimum Gasteiger partial charge on any atom is -0.351 e. The Labute approximate surface area is 88.8 Å². The van der Waals surface area contributed by atoms with Crippen molar-refractivity contribution < 1.29 is 4.79 Å². The third-order valence-electron chi connectivity index (χ3n) is 2.60. The van der Waals surface area contributed by atoms with E-state index in [1.165, 1.54) is 0 Å². The van der Waals surface area contributed by atoms with Crippen molar-refractivity contribution in [2.75, 3.05) is 6.54 Å². The van der Waals surface area contributed by atoms with Gasteiger partial charge in [-0.2, -0.15) is 5.10 Å². The van der Waals surface area contributed by atoms with E-state index >= 15 is 0 Å². The van der Waals surface area contributed by atoms with Gasteiger partial charge in [0.25, 0.3) is 0 Å². The number of rotatable bonds is 3. The normalized spacial score (nSPS) is 20.5. The molecule has 0 unspecified atom stereocenters. The molecule has 0 saturated carbocycles. The third-order valence-corrected chi connectivity index (χ3v) is 2.60. The van der Waals surface area contributed by atoms with Crippen molar-refractivity contribution >= 4 is 5.91 Å². The molecular formula is C10H16N4O. The van der Waals surface area contributed by atoms with E-state index in [0.717, 1.165) is 24.9 Å². The number of aromatic nitrogens is 2. The fourth-order valence-corrected chi connectivity index (χ4v) is 1.78. The number of carbonyl (C=O) groups is 1. The Hall–Kier alpha value is -1.36. The molecule has 15 heavy (non-hydrogen) atoms. The van der Waals surface area contributed by atoms with Gasteiger partial charge in [0.15, 0.2) is 0 Å². The second-order valence-corrected chi connectivity index (χ2v) is 3.89. The molecule has 2 heterocycles. The molecule has 1 atom stereocenters. The van der Waals surface area contributed by atoms with Gasteiger partial charge >= 0.3 is 0 Å². The second kappa shape index (κ2) is 4.44. The average molecular weight is 208 g/mol. The standard InChI is InChI=1S/C10H16N4O/c1-14-7-8(6-13-14)5-12-10(15)9-3-2-4-11-9/h6-7,9,11H,2-5H2,1H3,(H,12,15)/t9-/m0/s1. The molecule has 0 bridgehead atoms. The monoisotopic (exact) mass is 208 g/mol. The molecule has 0 spiro atoms. The first kappa shape index (κ1) is 10.2. The van der Waals surface area contributed by atoms with Gasteiger partial charge in [-0.3, -0.25) is 9.48 Å². The van der Waals surface area contributed by atoms with Crippen LogP contribution in [0.25, 0.3) is 0 Å². The molecule has 1 aliphatic rings. The SMILES string of the molecule is Cn1cc(CNC(=O)[C@@H]2CCCN2)cn1. The summed E-state index contributed by atoms with van der Waals surface area (Å²) in [5.41, 5.74) is 1.03. The molecule has 1 amide bonds. The first-order valence-corrected chi connectivity index (χ1v) is 5.24. The number of nitrogens with one attached hydrogen (secondary N) is 2. The summed E-state index contributed by atoms with van der Waals surface area (Å²) >= 11 is 0. The largest absolute Gasteiger partial charge is 0.351 e. The van der Waals surface area contributed by atoms with E-state index in [-0.39, 0.29) is 11.9 Å². The number of hydrogen-bond donors (Lipinski definition) is 2. The molecule has 1 saturated heterocycles. The maximum absolute atomic E-state index is 11.6. The van der Waals surface area contributed by atoms with Crippen molar-refractivity contribution in [3.05, 3.63) is 18.0 Å². The van der Waals surface area contributed by atoms with Crippen molar-refractivity contribution in [3.63, 3.8) is 0 Å². The zero-order valence-corrected chi connectivity index (χ0v) is 8.86. The lowest BCUT2D eigenvalue weighted by Gasteiger charge is -2.09. The minimum atomic E-state index is 0.00155. The highest BCUT2D eigenvalue weighted by molar-refractivity contribution is 5.81. The lowest BCUT2D eigenvalue weighted by Crippen LogP contribution is -2.39. The summed E-state index contributed by atoms with van der Waals surface area (Å²) in [7, 11) is 1.86. The Balaban J connectivity index is 1.80. The van der Waals surface area contributed by atoms with Gasteiger partial charge in [0.05, 0.1) is 12.2 Å². The Kier molecular flexibility index (Phi) is 3.01. The Morgan fingerprint density at radius 2 is 2.67 bits per heavy atom. The van der Waals surface area contributed by atoms with Crippen LogP contribution in [0.5, 0.6) is 0 Å². The van der Waals surface area contributed by atoms with Crippen LogP contribution in [0.3, 0.4) is 0 Å². The number of hydrogen-bond acceptors (Lipinski definition) is 3. The van der Waals surface area contributed by atoms with Gasteiger partial charge in [-0.15, -0.1) is 0 Å². The van der Waals surface area contributed by atoms with Crippen LogP contribution in [0, 0.1) is 0 Å². The summed E-state index contributed by atoms with van der Waals surface area (Å²) in [4.78, 5) is 11.6. The fourth-order valence-electron chi connectivity index (χ4n) is 1.78. The van der Waals surface area contributed by atoms with Crippen LogP contribution < -0.4 is 10.6 Å². The molecule has 0 aliphatic carbocycles. The number of amides is 1. The molecule has 0 aromatic carbocycles. The maximum Gasteiger partial charge on any atom is 0.237 e. The van der Waals surface area contributed by atoms with Crippen molar-refractivity contribution in [1.29, 1.82) is 0 Å². The van der Waals surface area contributed by atoms with Gasteiger partial charge in [0, 0.05) is 25.4 Å². The van der Waals surface area contributed by atoms with E-state index in [9.17, 15) is 4.79 Å². The van der Waals surface area contributed by atoms with Crippen molar-refractivity contribution in [2.45, 2.75) is 25.4 Å². The molecule has 1 aromatic rings. The zero-order valence-electron chi connectivity index (χ0n) is 8.86. The van der Waals surface area contributed by atoms with Gasteiger partial charge in [-0.05, 0) is 19.4 Å². The van der Waals surface area contributed by atoms with E-state index < -0.39 is 0 Å². The van der Waals surface area contributed by atoms with Gasteiger partial charge in [-0.1, -0.05) is 0 Å². The van der Waals surface area contributed by atoms with E-state index in [2.05, 4.69) is 15.7 Å². The van der Waals surface area contributed by atoms with Gasteiger partial charge < -0.3 is 10.6 Å². The smallest absolute Gasteiger partial charge is 0.237 e. The van der Waals surface area contributed by atoms with E-state index in [1.807, 2.05) is 13.2 Å². The first-order chi connectivity index (χ1) is 7.25. The highest BCUT2D eigenvalue weighted by atomic mass is 16.2. The summed E-state index contributed by atoms with van der Waals surface area (Å²) in [6.07, 6.45) is 5.70. The van der Waals surface area contributed by atoms with Crippen LogP contribution >= 0.6 is 0 Å². The zero-order chi connectivity index (χ0) is 10.7. The molecule has 0 radical (unpaired) electrons. The molecular weight excluding hydrogens is 192 g/mol. The molecule has 82 valence electrons.